The van der Waals surface area contributed by atoms with E-state index in [4.69, 9.17) is 11.6 Å². The highest BCUT2D eigenvalue weighted by molar-refractivity contribution is 7.90. The van der Waals surface area contributed by atoms with Crippen LogP contribution in [0.15, 0.2) is 52.7 Å². The Labute approximate surface area is 172 Å². The van der Waals surface area contributed by atoms with Crippen molar-refractivity contribution in [3.63, 3.8) is 0 Å². The molecule has 0 atom stereocenters. The third-order valence-corrected chi connectivity index (χ3v) is 6.07. The molecule has 0 aliphatic rings. The van der Waals surface area contributed by atoms with Crippen LogP contribution in [0.3, 0.4) is 0 Å². The number of anilines is 3. The zero-order chi connectivity index (χ0) is 20.3. The molecule has 0 saturated carbocycles. The standard InChI is InChI=1S/C19H18ClN3O3S2/c1-12-3-4-13(20)9-17(12)23-18(24)10-15-11-27-19(22-15)21-14-5-7-16(8-6-14)28(2,25)26/h3-9,11H,10H2,1-2H3,(H,21,22)(H,23,24). The van der Waals surface area contributed by atoms with E-state index in [-0.39, 0.29) is 17.2 Å². The number of aromatic nitrogens is 1. The molecular formula is C19H18ClN3O3S2. The summed E-state index contributed by atoms with van der Waals surface area (Å²) in [5.41, 5.74) is 2.96. The molecule has 2 aromatic carbocycles. The number of benzene rings is 2. The number of nitrogens with zero attached hydrogens (tertiary/aromatic N) is 1. The van der Waals surface area contributed by atoms with Gasteiger partial charge < -0.3 is 10.6 Å². The van der Waals surface area contributed by atoms with Gasteiger partial charge >= 0.3 is 0 Å². The van der Waals surface area contributed by atoms with Crippen LogP contribution in [0.2, 0.25) is 5.02 Å². The summed E-state index contributed by atoms with van der Waals surface area (Å²) < 4.78 is 23.0. The molecule has 0 saturated heterocycles. The molecule has 3 aromatic rings. The van der Waals surface area contributed by atoms with Gasteiger partial charge in [-0.2, -0.15) is 0 Å². The van der Waals surface area contributed by atoms with Crippen molar-refractivity contribution in [3.8, 4) is 0 Å². The van der Waals surface area contributed by atoms with Crippen LogP contribution in [-0.4, -0.2) is 25.6 Å². The number of halogens is 1. The van der Waals surface area contributed by atoms with Crippen LogP contribution in [0.5, 0.6) is 0 Å². The molecule has 0 aliphatic heterocycles. The Morgan fingerprint density at radius 3 is 2.57 bits per heavy atom. The van der Waals surface area contributed by atoms with Gasteiger partial charge in [0.05, 0.1) is 17.0 Å². The summed E-state index contributed by atoms with van der Waals surface area (Å²) >= 11 is 7.34. The minimum Gasteiger partial charge on any atom is -0.332 e. The molecule has 146 valence electrons. The summed E-state index contributed by atoms with van der Waals surface area (Å²) in [5, 5.41) is 8.93. The lowest BCUT2D eigenvalue weighted by atomic mass is 10.2. The van der Waals surface area contributed by atoms with Crippen molar-refractivity contribution in [3.05, 3.63) is 64.1 Å². The van der Waals surface area contributed by atoms with Crippen molar-refractivity contribution in [2.45, 2.75) is 18.2 Å². The number of nitrogens with one attached hydrogen (secondary N) is 2. The molecule has 28 heavy (non-hydrogen) atoms. The number of carbonyl (C=O) groups excluding carboxylic acids is 1. The molecule has 0 radical (unpaired) electrons. The lowest BCUT2D eigenvalue weighted by Crippen LogP contribution is -2.15. The average molecular weight is 436 g/mol. The highest BCUT2D eigenvalue weighted by Gasteiger charge is 2.11. The van der Waals surface area contributed by atoms with Crippen molar-refractivity contribution in [1.82, 2.24) is 4.98 Å². The Hall–Kier alpha value is -2.42. The van der Waals surface area contributed by atoms with E-state index in [0.717, 1.165) is 5.56 Å². The second kappa shape index (κ2) is 8.30. The highest BCUT2D eigenvalue weighted by atomic mass is 35.5. The fraction of sp³-hybridized carbons (Fsp3) is 0.158. The summed E-state index contributed by atoms with van der Waals surface area (Å²) in [6.07, 6.45) is 1.30. The Morgan fingerprint density at radius 1 is 1.18 bits per heavy atom. The Morgan fingerprint density at radius 2 is 1.89 bits per heavy atom. The lowest BCUT2D eigenvalue weighted by molar-refractivity contribution is -0.115. The summed E-state index contributed by atoms with van der Waals surface area (Å²) in [6, 6.07) is 11.7. The number of amides is 1. The average Bonchev–Trinajstić information content (AvgIpc) is 3.04. The molecule has 0 unspecified atom stereocenters. The fourth-order valence-electron chi connectivity index (χ4n) is 2.44. The molecule has 9 heteroatoms. The van der Waals surface area contributed by atoms with Crippen LogP contribution in [0.1, 0.15) is 11.3 Å². The first-order valence-electron chi connectivity index (χ1n) is 8.28. The minimum atomic E-state index is -3.23. The quantitative estimate of drug-likeness (QED) is 0.597. The third-order valence-electron chi connectivity index (χ3n) is 3.90. The van der Waals surface area contributed by atoms with Crippen LogP contribution in [0, 0.1) is 6.92 Å². The van der Waals surface area contributed by atoms with E-state index in [1.165, 1.54) is 29.7 Å². The van der Waals surface area contributed by atoms with Gasteiger partial charge in [-0.15, -0.1) is 11.3 Å². The van der Waals surface area contributed by atoms with Gasteiger partial charge in [0.15, 0.2) is 15.0 Å². The molecule has 1 aromatic heterocycles. The summed E-state index contributed by atoms with van der Waals surface area (Å²) in [4.78, 5) is 16.9. The second-order valence-corrected chi connectivity index (χ2v) is 9.56. The smallest absolute Gasteiger partial charge is 0.230 e. The van der Waals surface area contributed by atoms with Gasteiger partial charge in [-0.1, -0.05) is 17.7 Å². The van der Waals surface area contributed by atoms with E-state index >= 15 is 0 Å². The number of rotatable bonds is 6. The Bertz CT molecular complexity index is 1110. The van der Waals surface area contributed by atoms with Gasteiger partial charge in [-0.3, -0.25) is 4.79 Å². The third kappa shape index (κ3) is 5.31. The maximum atomic E-state index is 12.3. The summed E-state index contributed by atoms with van der Waals surface area (Å²) in [5.74, 6) is -0.181. The van der Waals surface area contributed by atoms with E-state index in [0.29, 0.717) is 27.2 Å². The monoisotopic (exact) mass is 435 g/mol. The first-order chi connectivity index (χ1) is 13.2. The van der Waals surface area contributed by atoms with Crippen LogP contribution >= 0.6 is 22.9 Å². The number of carbonyl (C=O) groups is 1. The molecule has 6 nitrogen and oxygen atoms in total. The van der Waals surface area contributed by atoms with E-state index in [2.05, 4.69) is 15.6 Å². The van der Waals surface area contributed by atoms with Gasteiger partial charge in [-0.25, -0.2) is 13.4 Å². The number of aryl methyl sites for hydroxylation is 1. The number of sulfone groups is 1. The molecule has 0 fully saturated rings. The van der Waals surface area contributed by atoms with Gasteiger partial charge in [0.25, 0.3) is 0 Å². The van der Waals surface area contributed by atoms with Crippen LogP contribution in [0.25, 0.3) is 0 Å². The first-order valence-corrected chi connectivity index (χ1v) is 11.4. The molecule has 0 aliphatic carbocycles. The van der Waals surface area contributed by atoms with Crippen molar-refractivity contribution in [2.24, 2.45) is 0 Å². The van der Waals surface area contributed by atoms with Crippen molar-refractivity contribution in [2.75, 3.05) is 16.9 Å². The molecule has 2 N–H and O–H groups in total. The van der Waals surface area contributed by atoms with E-state index in [1.807, 2.05) is 13.0 Å². The van der Waals surface area contributed by atoms with Crippen LogP contribution in [0.4, 0.5) is 16.5 Å². The Kier molecular flexibility index (Phi) is 6.02. The highest BCUT2D eigenvalue weighted by Crippen LogP contribution is 2.23. The van der Waals surface area contributed by atoms with Crippen LogP contribution < -0.4 is 10.6 Å². The number of hydrogen-bond donors (Lipinski definition) is 2. The largest absolute Gasteiger partial charge is 0.332 e. The van der Waals surface area contributed by atoms with Crippen molar-refractivity contribution < 1.29 is 13.2 Å². The normalized spacial score (nSPS) is 11.2. The van der Waals surface area contributed by atoms with E-state index in [9.17, 15) is 13.2 Å². The van der Waals surface area contributed by atoms with Crippen LogP contribution in [-0.2, 0) is 21.1 Å². The molecule has 0 spiro atoms. The van der Waals surface area contributed by atoms with Gasteiger partial charge in [0, 0.05) is 28.0 Å². The molecule has 0 bridgehead atoms. The maximum absolute atomic E-state index is 12.3. The number of hydrogen-bond acceptors (Lipinski definition) is 6. The molecule has 1 heterocycles. The maximum Gasteiger partial charge on any atom is 0.230 e. The fourth-order valence-corrected chi connectivity index (χ4v) is 3.98. The van der Waals surface area contributed by atoms with Gasteiger partial charge in [0.1, 0.15) is 0 Å². The summed E-state index contributed by atoms with van der Waals surface area (Å²) in [7, 11) is -3.23. The predicted molar refractivity (Wildman–Crippen MR) is 113 cm³/mol. The first kappa shape index (κ1) is 20.3. The zero-order valence-corrected chi connectivity index (χ0v) is 17.6. The zero-order valence-electron chi connectivity index (χ0n) is 15.2. The second-order valence-electron chi connectivity index (χ2n) is 6.25. The predicted octanol–water partition coefficient (Wildman–Crippen LogP) is 4.43. The summed E-state index contributed by atoms with van der Waals surface area (Å²) in [6.45, 7) is 1.89. The number of thiazole rings is 1. The van der Waals surface area contributed by atoms with Gasteiger partial charge in [-0.05, 0) is 48.9 Å². The minimum absolute atomic E-state index is 0.136. The van der Waals surface area contributed by atoms with Gasteiger partial charge in [0.2, 0.25) is 5.91 Å². The van der Waals surface area contributed by atoms with Crippen molar-refractivity contribution >= 4 is 55.2 Å². The van der Waals surface area contributed by atoms with Crippen molar-refractivity contribution in [1.29, 1.82) is 0 Å². The molecule has 1 amide bonds. The van der Waals surface area contributed by atoms with E-state index in [1.54, 1.807) is 29.6 Å². The topological polar surface area (TPSA) is 88.2 Å². The Balaban J connectivity index is 1.62. The van der Waals surface area contributed by atoms with E-state index < -0.39 is 9.84 Å². The molecular weight excluding hydrogens is 418 g/mol. The molecule has 3 rings (SSSR count). The SMILES string of the molecule is Cc1ccc(Cl)cc1NC(=O)Cc1csc(Nc2ccc(S(C)(=O)=O)cc2)n1. The lowest BCUT2D eigenvalue weighted by Gasteiger charge is -2.08.